The molecular formula is C16H11O3. The molecule has 0 saturated heterocycles. The predicted molar refractivity (Wildman–Crippen MR) is 70.4 cm³/mol. The Bertz CT molecular complexity index is 600. The first-order chi connectivity index (χ1) is 9.31. The fourth-order valence-electron chi connectivity index (χ4n) is 2.63. The van der Waals surface area contributed by atoms with Gasteiger partial charge in [0, 0.05) is 5.92 Å². The fourth-order valence-corrected chi connectivity index (χ4v) is 2.63. The first-order valence-electron chi connectivity index (χ1n) is 6.04. The van der Waals surface area contributed by atoms with Crippen LogP contribution in [0.1, 0.15) is 17.0 Å². The molecule has 2 aromatic carbocycles. The summed E-state index contributed by atoms with van der Waals surface area (Å²) in [5.41, 5.74) is 4.58. The maximum atomic E-state index is 10.9. The molecule has 0 fully saturated rings. The first kappa shape index (κ1) is 11.7. The van der Waals surface area contributed by atoms with Crippen LogP contribution >= 0.6 is 0 Å². The van der Waals surface area contributed by atoms with E-state index in [0.717, 1.165) is 22.3 Å². The third kappa shape index (κ3) is 1.93. The summed E-state index contributed by atoms with van der Waals surface area (Å²) in [6, 6.07) is 16.1. The molecule has 0 amide bonds. The zero-order valence-electron chi connectivity index (χ0n) is 10.1. The second-order valence-corrected chi connectivity index (χ2v) is 4.43. The first-order valence-corrected chi connectivity index (χ1v) is 6.04. The van der Waals surface area contributed by atoms with E-state index in [0.29, 0.717) is 0 Å². The minimum Gasteiger partial charge on any atom is -0.459 e. The van der Waals surface area contributed by atoms with Crippen molar-refractivity contribution in [2.45, 2.75) is 5.92 Å². The van der Waals surface area contributed by atoms with Gasteiger partial charge in [-0.2, -0.15) is 0 Å². The number of carbonyl (C=O) groups is 1. The van der Waals surface area contributed by atoms with E-state index in [1.807, 2.05) is 36.4 Å². The van der Waals surface area contributed by atoms with Gasteiger partial charge in [0.05, 0.1) is 0 Å². The second-order valence-electron chi connectivity index (χ2n) is 4.43. The molecule has 1 aliphatic rings. The Morgan fingerprint density at radius 3 is 2.05 bits per heavy atom. The predicted octanol–water partition coefficient (Wildman–Crippen LogP) is 2.45. The van der Waals surface area contributed by atoms with Crippen LogP contribution in [-0.4, -0.2) is 18.9 Å². The highest BCUT2D eigenvalue weighted by Crippen LogP contribution is 2.44. The highest BCUT2D eigenvalue weighted by molar-refractivity contribution is 6.20. The number of hydrogen-bond acceptors (Lipinski definition) is 3. The van der Waals surface area contributed by atoms with Gasteiger partial charge in [-0.05, 0) is 22.3 Å². The number of hydrogen-bond donors (Lipinski definition) is 0. The largest absolute Gasteiger partial charge is 0.459 e. The smallest absolute Gasteiger partial charge is 0.383 e. The molecule has 3 rings (SSSR count). The molecule has 0 saturated carbocycles. The van der Waals surface area contributed by atoms with Gasteiger partial charge in [-0.15, -0.1) is 0 Å². The van der Waals surface area contributed by atoms with Gasteiger partial charge in [-0.25, -0.2) is 4.79 Å². The van der Waals surface area contributed by atoms with Gasteiger partial charge in [-0.3, -0.25) is 4.79 Å². The molecule has 0 aliphatic heterocycles. The third-order valence-electron chi connectivity index (χ3n) is 3.43. The molecule has 0 spiro atoms. The van der Waals surface area contributed by atoms with Crippen LogP contribution in [-0.2, 0) is 14.3 Å². The Balaban J connectivity index is 2.00. The van der Waals surface area contributed by atoms with E-state index in [2.05, 4.69) is 12.1 Å². The molecule has 0 heterocycles. The van der Waals surface area contributed by atoms with Crippen LogP contribution in [0.4, 0.5) is 0 Å². The normalized spacial score (nSPS) is 12.6. The van der Waals surface area contributed by atoms with Gasteiger partial charge in [0.2, 0.25) is 0 Å². The van der Waals surface area contributed by atoms with E-state index < -0.39 is 5.97 Å². The number of carbonyl (C=O) groups excluding carboxylic acids is 2. The van der Waals surface area contributed by atoms with E-state index in [4.69, 9.17) is 4.74 Å². The molecule has 2 aromatic rings. The zero-order valence-corrected chi connectivity index (χ0v) is 10.1. The van der Waals surface area contributed by atoms with Gasteiger partial charge in [0.25, 0.3) is 0 Å². The molecule has 1 aliphatic carbocycles. The fraction of sp³-hybridized carbons (Fsp3) is 0.125. The van der Waals surface area contributed by atoms with Gasteiger partial charge in [0.15, 0.2) is 0 Å². The highest BCUT2D eigenvalue weighted by Gasteiger charge is 2.28. The average Bonchev–Trinajstić information content (AvgIpc) is 2.79. The Hall–Kier alpha value is -2.42. The lowest BCUT2D eigenvalue weighted by molar-refractivity contribution is -0.135. The van der Waals surface area contributed by atoms with Gasteiger partial charge in [-0.1, -0.05) is 48.5 Å². The van der Waals surface area contributed by atoms with Gasteiger partial charge in [0.1, 0.15) is 6.61 Å². The number of benzene rings is 2. The topological polar surface area (TPSA) is 43.4 Å². The van der Waals surface area contributed by atoms with E-state index in [-0.39, 0.29) is 12.5 Å². The maximum Gasteiger partial charge on any atom is 0.383 e. The quantitative estimate of drug-likeness (QED) is 0.621. The van der Waals surface area contributed by atoms with Crippen LogP contribution in [0.15, 0.2) is 48.5 Å². The van der Waals surface area contributed by atoms with Crippen LogP contribution in [0.5, 0.6) is 0 Å². The van der Waals surface area contributed by atoms with Crippen molar-refractivity contribution in [3.8, 4) is 11.1 Å². The summed E-state index contributed by atoms with van der Waals surface area (Å²) < 4.78 is 4.93. The standard InChI is InChI=1S/C16H11O3/c17-9-16(18)19-10-15-13-7-3-1-5-11(13)12-6-2-4-8-14(12)15/h1-8,15H,10H2. The molecule has 0 aromatic heterocycles. The lowest BCUT2D eigenvalue weighted by Crippen LogP contribution is -2.12. The van der Waals surface area contributed by atoms with Crippen molar-refractivity contribution in [1.82, 2.24) is 0 Å². The number of fused-ring (bicyclic) bond motifs is 3. The Labute approximate surface area is 110 Å². The minimum absolute atomic E-state index is 0.00954. The SMILES string of the molecule is O=[C]C(=O)OCC1c2ccccc2-c2ccccc21. The Morgan fingerprint density at radius 1 is 1.00 bits per heavy atom. The number of ether oxygens (including phenoxy) is 1. The van der Waals surface area contributed by atoms with E-state index in [1.54, 1.807) is 0 Å². The molecule has 3 nitrogen and oxygen atoms in total. The van der Waals surface area contributed by atoms with Gasteiger partial charge >= 0.3 is 12.3 Å². The van der Waals surface area contributed by atoms with E-state index in [9.17, 15) is 9.59 Å². The molecule has 19 heavy (non-hydrogen) atoms. The van der Waals surface area contributed by atoms with Crippen molar-refractivity contribution in [2.24, 2.45) is 0 Å². The molecule has 1 radical (unpaired) electrons. The van der Waals surface area contributed by atoms with Crippen LogP contribution in [0.3, 0.4) is 0 Å². The highest BCUT2D eigenvalue weighted by atomic mass is 16.5. The summed E-state index contributed by atoms with van der Waals surface area (Å²) in [4.78, 5) is 21.1. The Kier molecular flexibility index (Phi) is 2.88. The van der Waals surface area contributed by atoms with Crippen molar-refractivity contribution in [1.29, 1.82) is 0 Å². The van der Waals surface area contributed by atoms with Crippen LogP contribution in [0.25, 0.3) is 11.1 Å². The zero-order chi connectivity index (χ0) is 13.2. The second kappa shape index (κ2) is 4.69. The van der Waals surface area contributed by atoms with E-state index in [1.165, 1.54) is 6.29 Å². The van der Waals surface area contributed by atoms with Gasteiger partial charge < -0.3 is 4.74 Å². The molecule has 0 N–H and O–H groups in total. The summed E-state index contributed by atoms with van der Waals surface area (Å²) >= 11 is 0. The van der Waals surface area contributed by atoms with Crippen molar-refractivity contribution in [3.63, 3.8) is 0 Å². The van der Waals surface area contributed by atoms with Crippen molar-refractivity contribution in [3.05, 3.63) is 59.7 Å². The van der Waals surface area contributed by atoms with E-state index >= 15 is 0 Å². The molecule has 3 heteroatoms. The monoisotopic (exact) mass is 251 g/mol. The summed E-state index contributed by atoms with van der Waals surface area (Å²) in [7, 11) is 0. The Morgan fingerprint density at radius 2 is 1.53 bits per heavy atom. The van der Waals surface area contributed by atoms with Crippen LogP contribution in [0.2, 0.25) is 0 Å². The molecule has 93 valence electrons. The maximum absolute atomic E-state index is 10.9. The lowest BCUT2D eigenvalue weighted by atomic mass is 9.98. The molecule has 0 unspecified atom stereocenters. The van der Waals surface area contributed by atoms with Crippen LogP contribution < -0.4 is 0 Å². The summed E-state index contributed by atoms with van der Waals surface area (Å²) in [5, 5.41) is 0. The lowest BCUT2D eigenvalue weighted by Gasteiger charge is -2.12. The number of rotatable bonds is 3. The molecular weight excluding hydrogens is 240 g/mol. The average molecular weight is 251 g/mol. The van der Waals surface area contributed by atoms with Crippen LogP contribution in [0, 0.1) is 0 Å². The van der Waals surface area contributed by atoms with Crippen molar-refractivity contribution >= 4 is 12.3 Å². The molecule has 0 bridgehead atoms. The minimum atomic E-state index is -0.943. The number of esters is 1. The van der Waals surface area contributed by atoms with Crippen molar-refractivity contribution in [2.75, 3.05) is 6.61 Å². The van der Waals surface area contributed by atoms with Crippen molar-refractivity contribution < 1.29 is 14.3 Å². The third-order valence-corrected chi connectivity index (χ3v) is 3.43. The molecule has 0 atom stereocenters. The summed E-state index contributed by atoms with van der Waals surface area (Å²) in [6.07, 6.45) is 1.23. The summed E-state index contributed by atoms with van der Waals surface area (Å²) in [6.45, 7) is 0.169. The summed E-state index contributed by atoms with van der Waals surface area (Å²) in [5.74, 6) is -0.952.